The Balaban J connectivity index is 1.51. The summed E-state index contributed by atoms with van der Waals surface area (Å²) in [4.78, 5) is 30.6. The van der Waals surface area contributed by atoms with Gasteiger partial charge in [0.25, 0.3) is 5.91 Å². The molecule has 1 aromatic heterocycles. The third-order valence-corrected chi connectivity index (χ3v) is 5.97. The van der Waals surface area contributed by atoms with Crippen LogP contribution < -0.4 is 9.64 Å². The van der Waals surface area contributed by atoms with Gasteiger partial charge in [0.1, 0.15) is 12.4 Å². The molecule has 1 fully saturated rings. The summed E-state index contributed by atoms with van der Waals surface area (Å²) in [7, 11) is 1.35. The van der Waals surface area contributed by atoms with Crippen LogP contribution in [0.25, 0.3) is 6.08 Å². The second-order valence-electron chi connectivity index (χ2n) is 6.74. The second kappa shape index (κ2) is 9.76. The van der Waals surface area contributed by atoms with Gasteiger partial charge < -0.3 is 9.47 Å². The van der Waals surface area contributed by atoms with Gasteiger partial charge in [-0.15, -0.1) is 0 Å². The van der Waals surface area contributed by atoms with Gasteiger partial charge in [0, 0.05) is 11.8 Å². The van der Waals surface area contributed by atoms with Gasteiger partial charge >= 0.3 is 5.97 Å². The third-order valence-electron chi connectivity index (χ3n) is 4.67. The molecule has 8 heteroatoms. The van der Waals surface area contributed by atoms with Crippen molar-refractivity contribution in [1.82, 2.24) is 4.98 Å². The number of rotatable bonds is 6. The van der Waals surface area contributed by atoms with Crippen LogP contribution in [0.2, 0.25) is 0 Å². The van der Waals surface area contributed by atoms with Crippen LogP contribution in [0.3, 0.4) is 0 Å². The quantitative estimate of drug-likeness (QED) is 0.295. The summed E-state index contributed by atoms with van der Waals surface area (Å²) in [5, 5.41) is 0. The highest BCUT2D eigenvalue weighted by Crippen LogP contribution is 2.36. The minimum absolute atomic E-state index is 0.193. The zero-order chi connectivity index (χ0) is 22.5. The van der Waals surface area contributed by atoms with E-state index in [-0.39, 0.29) is 11.9 Å². The van der Waals surface area contributed by atoms with E-state index in [0.717, 1.165) is 11.1 Å². The highest BCUT2D eigenvalue weighted by atomic mass is 32.2. The number of hydrogen-bond donors (Lipinski definition) is 0. The zero-order valence-electron chi connectivity index (χ0n) is 17.1. The number of aromatic nitrogens is 1. The number of esters is 1. The molecule has 32 heavy (non-hydrogen) atoms. The average molecular weight is 463 g/mol. The second-order valence-corrected chi connectivity index (χ2v) is 8.42. The number of hydrogen-bond acceptors (Lipinski definition) is 7. The summed E-state index contributed by atoms with van der Waals surface area (Å²) in [6, 6.07) is 18.0. The summed E-state index contributed by atoms with van der Waals surface area (Å²) < 4.78 is 11.2. The van der Waals surface area contributed by atoms with Gasteiger partial charge in [-0.25, -0.2) is 4.79 Å². The van der Waals surface area contributed by atoms with E-state index in [2.05, 4.69) is 4.98 Å². The number of pyridine rings is 1. The molecular formula is C24H18N2O4S2. The topological polar surface area (TPSA) is 68.7 Å². The van der Waals surface area contributed by atoms with Crippen LogP contribution in [0, 0.1) is 0 Å². The molecule has 1 amide bonds. The number of amides is 1. The standard InChI is InChI=1S/C24H18N2O4S2/c1-29-23(28)17-10-8-16(9-11-17)15-30-20-7-3-2-5-18(20)13-21-22(27)26(24(31)32-21)19-6-4-12-25-14-19/h2-14H,15H2,1H3/b21-13-. The zero-order valence-corrected chi connectivity index (χ0v) is 18.7. The Morgan fingerprint density at radius 2 is 1.91 bits per heavy atom. The number of methoxy groups -OCH3 is 1. The van der Waals surface area contributed by atoms with Gasteiger partial charge in [-0.2, -0.15) is 0 Å². The maximum Gasteiger partial charge on any atom is 0.337 e. The van der Waals surface area contributed by atoms with Gasteiger partial charge in [-0.1, -0.05) is 54.3 Å². The molecule has 1 aliphatic heterocycles. The Morgan fingerprint density at radius 3 is 2.62 bits per heavy atom. The van der Waals surface area contributed by atoms with Crippen LogP contribution >= 0.6 is 24.0 Å². The fourth-order valence-corrected chi connectivity index (χ4v) is 4.35. The van der Waals surface area contributed by atoms with E-state index in [1.54, 1.807) is 42.7 Å². The first-order valence-corrected chi connectivity index (χ1v) is 10.9. The molecule has 0 radical (unpaired) electrons. The molecule has 0 atom stereocenters. The minimum atomic E-state index is -0.383. The summed E-state index contributed by atoms with van der Waals surface area (Å²) in [5.74, 6) is 0.0591. The summed E-state index contributed by atoms with van der Waals surface area (Å²) in [6.45, 7) is 0.308. The molecule has 4 rings (SSSR count). The molecule has 2 aromatic carbocycles. The number of thioether (sulfide) groups is 1. The summed E-state index contributed by atoms with van der Waals surface area (Å²) >= 11 is 6.66. The van der Waals surface area contributed by atoms with Crippen molar-refractivity contribution in [2.45, 2.75) is 6.61 Å². The highest BCUT2D eigenvalue weighted by molar-refractivity contribution is 8.27. The van der Waals surface area contributed by atoms with E-state index in [1.165, 1.54) is 23.8 Å². The number of carbonyl (C=O) groups is 2. The molecular weight excluding hydrogens is 444 g/mol. The smallest absolute Gasteiger partial charge is 0.337 e. The Bertz CT molecular complexity index is 1190. The maximum atomic E-state index is 13.0. The number of para-hydroxylation sites is 1. The molecule has 3 aromatic rings. The first kappa shape index (κ1) is 21.7. The van der Waals surface area contributed by atoms with Crippen LogP contribution in [0.1, 0.15) is 21.5 Å². The van der Waals surface area contributed by atoms with Crippen LogP contribution in [0.15, 0.2) is 78.0 Å². The molecule has 1 aliphatic rings. The summed E-state index contributed by atoms with van der Waals surface area (Å²) in [6.07, 6.45) is 5.04. The molecule has 0 saturated carbocycles. The Hall–Kier alpha value is -3.49. The predicted molar refractivity (Wildman–Crippen MR) is 128 cm³/mol. The van der Waals surface area contributed by atoms with Crippen molar-refractivity contribution in [3.05, 3.63) is 94.7 Å². The molecule has 2 heterocycles. The Kier molecular flexibility index (Phi) is 6.63. The molecule has 0 N–H and O–H groups in total. The molecule has 0 spiro atoms. The van der Waals surface area contributed by atoms with E-state index in [1.807, 2.05) is 36.4 Å². The van der Waals surface area contributed by atoms with Crippen molar-refractivity contribution in [3.63, 3.8) is 0 Å². The number of ether oxygens (including phenoxy) is 2. The number of benzene rings is 2. The van der Waals surface area contributed by atoms with Crippen LogP contribution in [-0.2, 0) is 16.1 Å². The molecule has 0 bridgehead atoms. The van der Waals surface area contributed by atoms with Crippen molar-refractivity contribution in [2.75, 3.05) is 12.0 Å². The lowest BCUT2D eigenvalue weighted by Gasteiger charge is -2.13. The lowest BCUT2D eigenvalue weighted by molar-refractivity contribution is -0.113. The van der Waals surface area contributed by atoms with Gasteiger partial charge in [0.2, 0.25) is 0 Å². The molecule has 1 saturated heterocycles. The first-order valence-electron chi connectivity index (χ1n) is 9.64. The SMILES string of the molecule is COC(=O)c1ccc(COc2ccccc2/C=C2\SC(=S)N(c3cccnc3)C2=O)cc1. The van der Waals surface area contributed by atoms with E-state index in [0.29, 0.717) is 32.8 Å². The lowest BCUT2D eigenvalue weighted by Crippen LogP contribution is -2.27. The fraction of sp³-hybridized carbons (Fsp3) is 0.0833. The monoisotopic (exact) mass is 462 g/mol. The third kappa shape index (κ3) is 4.71. The predicted octanol–water partition coefficient (Wildman–Crippen LogP) is 4.85. The van der Waals surface area contributed by atoms with Crippen molar-refractivity contribution in [3.8, 4) is 5.75 Å². The van der Waals surface area contributed by atoms with Gasteiger partial charge in [-0.05, 0) is 42.0 Å². The van der Waals surface area contributed by atoms with Crippen molar-refractivity contribution >= 4 is 51.9 Å². The van der Waals surface area contributed by atoms with E-state index < -0.39 is 0 Å². The minimum Gasteiger partial charge on any atom is -0.488 e. The van der Waals surface area contributed by atoms with Crippen molar-refractivity contribution in [1.29, 1.82) is 0 Å². The van der Waals surface area contributed by atoms with E-state index >= 15 is 0 Å². The normalized spacial score (nSPS) is 14.7. The number of nitrogens with zero attached hydrogens (tertiary/aromatic N) is 2. The maximum absolute atomic E-state index is 13.0. The van der Waals surface area contributed by atoms with Gasteiger partial charge in [-0.3, -0.25) is 14.7 Å². The molecule has 160 valence electrons. The van der Waals surface area contributed by atoms with Gasteiger partial charge in [0.05, 0.1) is 29.5 Å². The largest absolute Gasteiger partial charge is 0.488 e. The van der Waals surface area contributed by atoms with Gasteiger partial charge in [0.15, 0.2) is 4.32 Å². The number of thiocarbonyl (C=S) groups is 1. The molecule has 6 nitrogen and oxygen atoms in total. The average Bonchev–Trinajstić information content (AvgIpc) is 3.11. The van der Waals surface area contributed by atoms with E-state index in [4.69, 9.17) is 21.7 Å². The lowest BCUT2D eigenvalue weighted by atomic mass is 10.1. The molecule has 0 unspecified atom stereocenters. The first-order chi connectivity index (χ1) is 15.6. The van der Waals surface area contributed by atoms with Crippen LogP contribution in [0.5, 0.6) is 5.75 Å². The molecule has 0 aliphatic carbocycles. The fourth-order valence-electron chi connectivity index (χ4n) is 3.06. The number of carbonyl (C=O) groups excluding carboxylic acids is 2. The van der Waals surface area contributed by atoms with Crippen molar-refractivity contribution < 1.29 is 19.1 Å². The Labute approximate surface area is 194 Å². The van der Waals surface area contributed by atoms with Crippen molar-refractivity contribution in [2.24, 2.45) is 0 Å². The van der Waals surface area contributed by atoms with Crippen LogP contribution in [-0.4, -0.2) is 28.3 Å². The summed E-state index contributed by atoms with van der Waals surface area (Å²) in [5.41, 5.74) is 2.78. The van der Waals surface area contributed by atoms with Crippen LogP contribution in [0.4, 0.5) is 5.69 Å². The highest BCUT2D eigenvalue weighted by Gasteiger charge is 2.33. The Morgan fingerprint density at radius 1 is 1.12 bits per heavy atom. The van der Waals surface area contributed by atoms with E-state index in [9.17, 15) is 9.59 Å². The number of anilines is 1.